The SMILES string of the molecule is C/C=C(/C)CCc1ccc(O)c(C(F)(F)F)c1. The van der Waals surface area contributed by atoms with Gasteiger partial charge in [-0.1, -0.05) is 17.7 Å². The number of phenolic OH excluding ortho intramolecular Hbond substituents is 1. The fourth-order valence-electron chi connectivity index (χ4n) is 1.45. The molecule has 1 rings (SSSR count). The van der Waals surface area contributed by atoms with Crippen LogP contribution >= 0.6 is 0 Å². The average molecular weight is 244 g/mol. The lowest BCUT2D eigenvalue weighted by atomic mass is 10.0. The van der Waals surface area contributed by atoms with Crippen LogP contribution in [0.4, 0.5) is 13.2 Å². The van der Waals surface area contributed by atoms with E-state index in [1.54, 1.807) is 0 Å². The average Bonchev–Trinajstić information content (AvgIpc) is 2.26. The van der Waals surface area contributed by atoms with Crippen molar-refractivity contribution >= 4 is 0 Å². The molecule has 0 aromatic heterocycles. The molecular formula is C13H15F3O. The second-order valence-corrected chi connectivity index (χ2v) is 3.98. The molecule has 0 heterocycles. The minimum Gasteiger partial charge on any atom is -0.507 e. The predicted octanol–water partition coefficient (Wildman–Crippen LogP) is 4.31. The Morgan fingerprint density at radius 3 is 2.53 bits per heavy atom. The molecule has 0 spiro atoms. The number of halogens is 3. The molecular weight excluding hydrogens is 229 g/mol. The molecule has 1 aromatic rings. The molecule has 4 heteroatoms. The molecule has 0 amide bonds. The lowest BCUT2D eigenvalue weighted by molar-refractivity contribution is -0.138. The van der Waals surface area contributed by atoms with E-state index >= 15 is 0 Å². The summed E-state index contributed by atoms with van der Waals surface area (Å²) >= 11 is 0. The van der Waals surface area contributed by atoms with Crippen molar-refractivity contribution in [3.05, 3.63) is 41.0 Å². The maximum atomic E-state index is 12.5. The molecule has 1 aromatic carbocycles. The second-order valence-electron chi connectivity index (χ2n) is 3.98. The molecule has 0 aliphatic heterocycles. The highest BCUT2D eigenvalue weighted by atomic mass is 19.4. The first-order chi connectivity index (χ1) is 7.84. The molecule has 0 unspecified atom stereocenters. The molecule has 94 valence electrons. The maximum Gasteiger partial charge on any atom is 0.419 e. The van der Waals surface area contributed by atoms with E-state index in [9.17, 15) is 13.2 Å². The van der Waals surface area contributed by atoms with Gasteiger partial charge in [-0.05, 0) is 44.4 Å². The summed E-state index contributed by atoms with van der Waals surface area (Å²) < 4.78 is 37.6. The summed E-state index contributed by atoms with van der Waals surface area (Å²) in [6.45, 7) is 3.83. The third-order valence-electron chi connectivity index (χ3n) is 2.67. The number of aromatic hydroxyl groups is 1. The number of aryl methyl sites for hydroxylation is 1. The van der Waals surface area contributed by atoms with Gasteiger partial charge in [0.05, 0.1) is 5.56 Å². The van der Waals surface area contributed by atoms with Gasteiger partial charge in [0.2, 0.25) is 0 Å². The zero-order chi connectivity index (χ0) is 13.1. The van der Waals surface area contributed by atoms with Crippen LogP contribution in [0.3, 0.4) is 0 Å². The predicted molar refractivity (Wildman–Crippen MR) is 60.9 cm³/mol. The van der Waals surface area contributed by atoms with Crippen molar-refractivity contribution in [2.75, 3.05) is 0 Å². The van der Waals surface area contributed by atoms with Crippen molar-refractivity contribution in [2.45, 2.75) is 32.9 Å². The van der Waals surface area contributed by atoms with Crippen LogP contribution in [-0.4, -0.2) is 5.11 Å². The summed E-state index contributed by atoms with van der Waals surface area (Å²) in [6.07, 6.45) is -1.31. The van der Waals surface area contributed by atoms with E-state index in [4.69, 9.17) is 5.11 Å². The van der Waals surface area contributed by atoms with E-state index in [2.05, 4.69) is 0 Å². The molecule has 0 bridgehead atoms. The largest absolute Gasteiger partial charge is 0.507 e. The number of rotatable bonds is 3. The Hall–Kier alpha value is -1.45. The van der Waals surface area contributed by atoms with Gasteiger partial charge in [0.25, 0.3) is 0 Å². The highest BCUT2D eigenvalue weighted by Crippen LogP contribution is 2.36. The number of allylic oxidation sites excluding steroid dienone is 2. The van der Waals surface area contributed by atoms with Gasteiger partial charge in [0.15, 0.2) is 0 Å². The van der Waals surface area contributed by atoms with Crippen molar-refractivity contribution in [1.82, 2.24) is 0 Å². The zero-order valence-electron chi connectivity index (χ0n) is 9.80. The monoisotopic (exact) mass is 244 g/mol. The van der Waals surface area contributed by atoms with Gasteiger partial charge in [0.1, 0.15) is 5.75 Å². The Bertz CT molecular complexity index is 419. The van der Waals surface area contributed by atoms with Gasteiger partial charge in [-0.2, -0.15) is 13.2 Å². The molecule has 0 radical (unpaired) electrons. The highest BCUT2D eigenvalue weighted by molar-refractivity contribution is 5.38. The number of alkyl halides is 3. The van der Waals surface area contributed by atoms with E-state index in [0.717, 1.165) is 24.1 Å². The number of benzene rings is 1. The van der Waals surface area contributed by atoms with Crippen molar-refractivity contribution < 1.29 is 18.3 Å². The Labute approximate surface area is 98.6 Å². The smallest absolute Gasteiger partial charge is 0.419 e. The molecule has 0 saturated heterocycles. The summed E-state index contributed by atoms with van der Waals surface area (Å²) in [5.74, 6) is -0.719. The van der Waals surface area contributed by atoms with Gasteiger partial charge < -0.3 is 5.11 Å². The molecule has 0 aliphatic rings. The van der Waals surface area contributed by atoms with Crippen LogP contribution in [0.2, 0.25) is 0 Å². The molecule has 0 atom stereocenters. The number of hydrogen-bond acceptors (Lipinski definition) is 1. The van der Waals surface area contributed by atoms with Crippen molar-refractivity contribution in [2.24, 2.45) is 0 Å². The first kappa shape index (κ1) is 13.6. The topological polar surface area (TPSA) is 20.2 Å². The van der Waals surface area contributed by atoms with E-state index in [1.807, 2.05) is 19.9 Å². The van der Waals surface area contributed by atoms with Crippen molar-refractivity contribution in [1.29, 1.82) is 0 Å². The fourth-order valence-corrected chi connectivity index (χ4v) is 1.45. The maximum absolute atomic E-state index is 12.5. The normalized spacial score (nSPS) is 12.9. The molecule has 0 saturated carbocycles. The summed E-state index contributed by atoms with van der Waals surface area (Å²) in [5, 5.41) is 9.16. The molecule has 17 heavy (non-hydrogen) atoms. The quantitative estimate of drug-likeness (QED) is 0.785. The van der Waals surface area contributed by atoms with Crippen LogP contribution in [0, 0.1) is 0 Å². The summed E-state index contributed by atoms with van der Waals surface area (Å²) in [7, 11) is 0. The van der Waals surface area contributed by atoms with Gasteiger partial charge in [-0.15, -0.1) is 0 Å². The molecule has 1 N–H and O–H groups in total. The minimum atomic E-state index is -4.50. The molecule has 1 nitrogen and oxygen atoms in total. The standard InChI is InChI=1S/C13H15F3O/c1-3-9(2)4-5-10-6-7-12(17)11(8-10)13(14,15)16/h3,6-8,17H,4-5H2,1-2H3/b9-3-. The Balaban J connectivity index is 2.90. The van der Waals surface area contributed by atoms with Crippen LogP contribution in [0.15, 0.2) is 29.8 Å². The van der Waals surface area contributed by atoms with E-state index in [0.29, 0.717) is 12.0 Å². The number of hydrogen-bond donors (Lipinski definition) is 1. The van der Waals surface area contributed by atoms with Crippen molar-refractivity contribution in [3.8, 4) is 5.75 Å². The summed E-state index contributed by atoms with van der Waals surface area (Å²) in [4.78, 5) is 0. The number of phenols is 1. The first-order valence-corrected chi connectivity index (χ1v) is 5.35. The van der Waals surface area contributed by atoms with Crippen LogP contribution in [-0.2, 0) is 12.6 Å². The first-order valence-electron chi connectivity index (χ1n) is 5.35. The summed E-state index contributed by atoms with van der Waals surface area (Å²) in [6, 6.07) is 3.63. The Morgan fingerprint density at radius 1 is 1.35 bits per heavy atom. The highest BCUT2D eigenvalue weighted by Gasteiger charge is 2.33. The summed E-state index contributed by atoms with van der Waals surface area (Å²) in [5.41, 5.74) is 0.746. The van der Waals surface area contributed by atoms with E-state index in [1.165, 1.54) is 6.07 Å². The fraction of sp³-hybridized carbons (Fsp3) is 0.385. The van der Waals surface area contributed by atoms with Gasteiger partial charge in [-0.3, -0.25) is 0 Å². The van der Waals surface area contributed by atoms with Crippen molar-refractivity contribution in [3.63, 3.8) is 0 Å². The van der Waals surface area contributed by atoms with Crippen LogP contribution in [0.1, 0.15) is 31.4 Å². The van der Waals surface area contributed by atoms with Crippen LogP contribution in [0.5, 0.6) is 5.75 Å². The Kier molecular flexibility index (Phi) is 4.21. The third-order valence-corrected chi connectivity index (χ3v) is 2.67. The lowest BCUT2D eigenvalue weighted by Gasteiger charge is -2.11. The minimum absolute atomic E-state index is 0.541. The van der Waals surface area contributed by atoms with Gasteiger partial charge >= 0.3 is 6.18 Å². The third kappa shape index (κ3) is 3.80. The molecule has 0 fully saturated rings. The van der Waals surface area contributed by atoms with Crippen LogP contribution < -0.4 is 0 Å². The van der Waals surface area contributed by atoms with Crippen LogP contribution in [0.25, 0.3) is 0 Å². The lowest BCUT2D eigenvalue weighted by Crippen LogP contribution is -2.06. The Morgan fingerprint density at radius 2 is 2.00 bits per heavy atom. The van der Waals surface area contributed by atoms with E-state index < -0.39 is 17.5 Å². The van der Waals surface area contributed by atoms with Gasteiger partial charge in [-0.25, -0.2) is 0 Å². The molecule has 0 aliphatic carbocycles. The van der Waals surface area contributed by atoms with E-state index in [-0.39, 0.29) is 0 Å². The second kappa shape index (κ2) is 5.25. The van der Waals surface area contributed by atoms with Gasteiger partial charge in [0, 0.05) is 0 Å². The zero-order valence-corrected chi connectivity index (χ0v) is 9.80.